The van der Waals surface area contributed by atoms with E-state index in [2.05, 4.69) is 6.58 Å². The first-order valence-electron chi connectivity index (χ1n) is 19.1. The summed E-state index contributed by atoms with van der Waals surface area (Å²) in [5, 5.41) is 21.8. The van der Waals surface area contributed by atoms with Crippen LogP contribution in [0.15, 0.2) is 116 Å². The van der Waals surface area contributed by atoms with Crippen molar-refractivity contribution in [3.8, 4) is 23.0 Å². The monoisotopic (exact) mass is 770 g/mol. The minimum Gasteiger partial charge on any atom is -0.507 e. The number of aromatic hydroxyl groups is 2. The van der Waals surface area contributed by atoms with Crippen LogP contribution in [0.25, 0.3) is 12.2 Å². The molecule has 4 rings (SSSR count). The minimum absolute atomic E-state index is 0.0670. The van der Waals surface area contributed by atoms with Crippen LogP contribution < -0.4 is 20.9 Å². The molecule has 8 heteroatoms. The van der Waals surface area contributed by atoms with Crippen LogP contribution in [0.2, 0.25) is 0 Å². The van der Waals surface area contributed by atoms with Crippen molar-refractivity contribution in [2.75, 3.05) is 11.5 Å². The fraction of sp³-hybridized carbons (Fsp3) is 0.265. The maximum absolute atomic E-state index is 12.6. The van der Waals surface area contributed by atoms with Crippen LogP contribution in [0.5, 0.6) is 23.0 Å². The molecule has 0 aliphatic rings. The van der Waals surface area contributed by atoms with E-state index in [0.29, 0.717) is 63.5 Å². The van der Waals surface area contributed by atoms with Gasteiger partial charge in [-0.15, -0.1) is 6.58 Å². The average Bonchev–Trinajstić information content (AvgIpc) is 3.17. The number of benzene rings is 4. The predicted octanol–water partition coefficient (Wildman–Crippen LogP) is 11.0. The number of hydrogen-bond donors (Lipinski definition) is 4. The van der Waals surface area contributed by atoms with Crippen LogP contribution in [0.1, 0.15) is 104 Å². The van der Waals surface area contributed by atoms with Gasteiger partial charge in [-0.25, -0.2) is 0 Å². The third-order valence-electron chi connectivity index (χ3n) is 8.88. The van der Waals surface area contributed by atoms with Gasteiger partial charge in [0, 0.05) is 33.5 Å². The van der Waals surface area contributed by atoms with Crippen molar-refractivity contribution in [1.29, 1.82) is 0 Å². The third-order valence-corrected chi connectivity index (χ3v) is 8.88. The van der Waals surface area contributed by atoms with E-state index in [-0.39, 0.29) is 35.3 Å². The summed E-state index contributed by atoms with van der Waals surface area (Å²) in [7, 11) is 0. The minimum atomic E-state index is -0.427. The van der Waals surface area contributed by atoms with Gasteiger partial charge in [-0.1, -0.05) is 50.3 Å². The van der Waals surface area contributed by atoms with Crippen LogP contribution >= 0.6 is 0 Å². The van der Waals surface area contributed by atoms with Crippen molar-refractivity contribution >= 4 is 35.1 Å². The largest absolute Gasteiger partial charge is 0.507 e. The summed E-state index contributed by atoms with van der Waals surface area (Å²) in [5.41, 5.74) is 16.7. The Morgan fingerprint density at radius 1 is 0.702 bits per heavy atom. The number of allylic oxidation sites excluding steroid dienone is 7. The molecule has 0 unspecified atom stereocenters. The second-order valence-corrected chi connectivity index (χ2v) is 14.6. The zero-order chi connectivity index (χ0) is 42.3. The van der Waals surface area contributed by atoms with Crippen LogP contribution in [-0.2, 0) is 18.3 Å². The Bertz CT molecular complexity index is 2120. The Kier molecular flexibility index (Phi) is 16.7. The fourth-order valence-electron chi connectivity index (χ4n) is 5.67. The van der Waals surface area contributed by atoms with Crippen molar-refractivity contribution in [1.82, 2.24) is 0 Å². The number of carbonyl (C=O) groups is 2. The highest BCUT2D eigenvalue weighted by Gasteiger charge is 2.24. The molecule has 0 saturated heterocycles. The first-order chi connectivity index (χ1) is 27.0. The van der Waals surface area contributed by atoms with E-state index >= 15 is 0 Å². The standard InChI is InChI=1S/C26H31NO3.C23H27NO3/c1-5-7-9-20-17-21(10-8-6-2)26(30-18(3)4)23(25(20)29)15-16-24(28)19-11-13-22(27)14-12-19;1-6-23(4,5)19-12-14-21(27-15(2)3)18(22(19)26)11-13-20(25)16-7-9-17(24)10-8-16/h5-8,11-18,29H,9-10,27H2,1-4H3;6-15,26H,1,24H2,2-5H3. The van der Waals surface area contributed by atoms with E-state index in [4.69, 9.17) is 20.9 Å². The molecule has 0 heterocycles. The number of anilines is 2. The summed E-state index contributed by atoms with van der Waals surface area (Å²) >= 11 is 0. The third kappa shape index (κ3) is 12.9. The number of nitrogen functional groups attached to an aromatic ring is 2. The van der Waals surface area contributed by atoms with E-state index in [9.17, 15) is 19.8 Å². The second-order valence-electron chi connectivity index (χ2n) is 14.6. The molecule has 6 N–H and O–H groups in total. The van der Waals surface area contributed by atoms with Crippen molar-refractivity contribution < 1.29 is 29.3 Å². The number of nitrogens with two attached hydrogens (primary N) is 2. The molecule has 0 spiro atoms. The highest BCUT2D eigenvalue weighted by molar-refractivity contribution is 6.08. The van der Waals surface area contributed by atoms with Gasteiger partial charge in [0.15, 0.2) is 11.6 Å². The molecular weight excluding hydrogens is 713 g/mol. The molecule has 0 aliphatic carbocycles. The van der Waals surface area contributed by atoms with Crippen LogP contribution in [-0.4, -0.2) is 34.0 Å². The number of hydrogen-bond acceptors (Lipinski definition) is 8. The molecule has 4 aromatic carbocycles. The van der Waals surface area contributed by atoms with Crippen molar-refractivity contribution in [3.63, 3.8) is 0 Å². The van der Waals surface area contributed by atoms with Gasteiger partial charge in [-0.05, 0) is 150 Å². The van der Waals surface area contributed by atoms with Gasteiger partial charge in [0.05, 0.1) is 23.3 Å². The fourth-order valence-corrected chi connectivity index (χ4v) is 5.67. The van der Waals surface area contributed by atoms with Crippen LogP contribution in [0, 0.1) is 0 Å². The topological polar surface area (TPSA) is 145 Å². The van der Waals surface area contributed by atoms with E-state index in [1.54, 1.807) is 66.8 Å². The summed E-state index contributed by atoms with van der Waals surface area (Å²) in [4.78, 5) is 25.1. The molecule has 0 aromatic heterocycles. The Hall–Kier alpha value is -6.28. The Balaban J connectivity index is 0.000000307. The lowest BCUT2D eigenvalue weighted by Gasteiger charge is -2.24. The molecule has 0 bridgehead atoms. The Morgan fingerprint density at radius 2 is 1.18 bits per heavy atom. The summed E-state index contributed by atoms with van der Waals surface area (Å²) in [6.45, 7) is 19.4. The first kappa shape index (κ1) is 45.1. The van der Waals surface area contributed by atoms with E-state index < -0.39 is 5.41 Å². The van der Waals surface area contributed by atoms with Gasteiger partial charge in [0.25, 0.3) is 0 Å². The highest BCUT2D eigenvalue weighted by Crippen LogP contribution is 2.40. The van der Waals surface area contributed by atoms with E-state index in [1.807, 2.05) is 97.9 Å². The van der Waals surface area contributed by atoms with Crippen molar-refractivity contribution in [2.45, 2.75) is 85.9 Å². The van der Waals surface area contributed by atoms with Crippen molar-refractivity contribution in [2.24, 2.45) is 0 Å². The molecule has 8 nitrogen and oxygen atoms in total. The van der Waals surface area contributed by atoms with E-state index in [0.717, 1.165) is 11.1 Å². The van der Waals surface area contributed by atoms with Gasteiger partial charge in [-0.2, -0.15) is 0 Å². The van der Waals surface area contributed by atoms with Gasteiger partial charge < -0.3 is 31.2 Å². The summed E-state index contributed by atoms with van der Waals surface area (Å²) in [6, 6.07) is 19.1. The van der Waals surface area contributed by atoms with Crippen LogP contribution in [0.3, 0.4) is 0 Å². The Labute approximate surface area is 338 Å². The number of phenols is 2. The molecule has 300 valence electrons. The molecule has 0 aliphatic heterocycles. The number of ketones is 2. The van der Waals surface area contributed by atoms with Gasteiger partial charge in [-0.3, -0.25) is 9.59 Å². The zero-order valence-corrected chi connectivity index (χ0v) is 34.5. The van der Waals surface area contributed by atoms with Crippen molar-refractivity contribution in [3.05, 3.63) is 155 Å². The van der Waals surface area contributed by atoms with Gasteiger partial charge >= 0.3 is 0 Å². The molecule has 0 radical (unpaired) electrons. The van der Waals surface area contributed by atoms with E-state index in [1.165, 1.54) is 12.2 Å². The average molecular weight is 771 g/mol. The maximum Gasteiger partial charge on any atom is 0.185 e. The number of phenolic OH excluding ortho intramolecular Hbond substituents is 2. The normalized spacial score (nSPS) is 11.8. The summed E-state index contributed by atoms with van der Waals surface area (Å²) in [6.07, 6.45) is 17.0. The van der Waals surface area contributed by atoms with Gasteiger partial charge in [0.2, 0.25) is 0 Å². The number of rotatable bonds is 16. The molecule has 57 heavy (non-hydrogen) atoms. The van der Waals surface area contributed by atoms with Crippen LogP contribution in [0.4, 0.5) is 11.4 Å². The predicted molar refractivity (Wildman–Crippen MR) is 236 cm³/mol. The highest BCUT2D eigenvalue weighted by atomic mass is 16.5. The molecular formula is C49H58N2O6. The lowest BCUT2D eigenvalue weighted by atomic mass is 9.83. The summed E-state index contributed by atoms with van der Waals surface area (Å²) in [5.74, 6) is 0.990. The Morgan fingerprint density at radius 3 is 1.63 bits per heavy atom. The molecule has 0 amide bonds. The molecule has 0 saturated carbocycles. The first-order valence-corrected chi connectivity index (χ1v) is 19.1. The molecule has 0 fully saturated rings. The zero-order valence-electron chi connectivity index (χ0n) is 34.5. The lowest BCUT2D eigenvalue weighted by Crippen LogP contribution is -2.14. The molecule has 4 aromatic rings. The second kappa shape index (κ2) is 21.1. The molecule has 0 atom stereocenters. The maximum atomic E-state index is 12.6. The summed E-state index contributed by atoms with van der Waals surface area (Å²) < 4.78 is 11.9. The van der Waals surface area contributed by atoms with Gasteiger partial charge in [0.1, 0.15) is 23.0 Å². The smallest absolute Gasteiger partial charge is 0.185 e. The SMILES string of the molecule is C=CC(C)(C)c1ccc(OC(C)C)c(C=CC(=O)c2ccc(N)cc2)c1O.CC=CCc1cc(CC=CC)c(OC(C)C)c(C=CC(=O)c2ccc(N)cc2)c1O. The number of carbonyl (C=O) groups excluding carboxylic acids is 2. The number of ether oxygens (including phenoxy) is 2. The quantitative estimate of drug-likeness (QED) is 0.0381. The lowest BCUT2D eigenvalue weighted by molar-refractivity contribution is 0.103.